The highest BCUT2D eigenvalue weighted by atomic mass is 16.5. The topological polar surface area (TPSA) is 52.0 Å². The van der Waals surface area contributed by atoms with Crippen molar-refractivity contribution < 1.29 is 4.74 Å². The fraction of sp³-hybridized carbons (Fsp3) is 0.467. The van der Waals surface area contributed by atoms with E-state index in [1.54, 1.807) is 6.33 Å². The van der Waals surface area contributed by atoms with Gasteiger partial charge in [-0.15, -0.1) is 0 Å². The average molecular weight is 272 g/mol. The number of anilines is 1. The van der Waals surface area contributed by atoms with Crippen LogP contribution in [0.25, 0.3) is 0 Å². The average Bonchev–Trinajstić information content (AvgIpc) is 3.12. The van der Waals surface area contributed by atoms with E-state index >= 15 is 0 Å². The van der Waals surface area contributed by atoms with Gasteiger partial charge in [0.15, 0.2) is 0 Å². The molecule has 0 spiro atoms. The van der Waals surface area contributed by atoms with E-state index in [2.05, 4.69) is 45.2 Å². The van der Waals surface area contributed by atoms with Crippen LogP contribution in [0, 0.1) is 0 Å². The lowest BCUT2D eigenvalue weighted by molar-refractivity contribution is 0.193. The summed E-state index contributed by atoms with van der Waals surface area (Å²) in [5, 5.41) is 3.37. The first-order valence-electron chi connectivity index (χ1n) is 7.06. The molecule has 1 atom stereocenters. The molecule has 1 aliphatic rings. The molecule has 1 aliphatic heterocycles. The van der Waals surface area contributed by atoms with Crippen LogP contribution in [0.5, 0.6) is 0 Å². The predicted octanol–water partition coefficient (Wildman–Crippen LogP) is 1.97. The maximum absolute atomic E-state index is 5.41. The van der Waals surface area contributed by atoms with Crippen molar-refractivity contribution in [2.75, 3.05) is 25.1 Å². The molecule has 1 saturated heterocycles. The third-order valence-electron chi connectivity index (χ3n) is 3.77. The maximum atomic E-state index is 5.41. The van der Waals surface area contributed by atoms with Gasteiger partial charge < -0.3 is 14.6 Å². The molecule has 0 unspecified atom stereocenters. The van der Waals surface area contributed by atoms with E-state index < -0.39 is 0 Å². The van der Waals surface area contributed by atoms with Crippen LogP contribution in [-0.4, -0.2) is 34.3 Å². The molecular formula is C15H20N4O. The molecule has 1 N–H and O–H groups in total. The van der Waals surface area contributed by atoms with Crippen molar-refractivity contribution in [1.82, 2.24) is 14.5 Å². The van der Waals surface area contributed by atoms with Crippen LogP contribution in [0.1, 0.15) is 23.7 Å². The summed E-state index contributed by atoms with van der Waals surface area (Å²) in [5.74, 6) is 1.32. The Bertz CT molecular complexity index is 561. The minimum atomic E-state index is 0.423. The molecule has 0 bridgehead atoms. The molecule has 0 amide bonds. The van der Waals surface area contributed by atoms with Crippen molar-refractivity contribution in [2.45, 2.75) is 18.8 Å². The highest BCUT2D eigenvalue weighted by Gasteiger charge is 2.19. The minimum absolute atomic E-state index is 0.423. The maximum Gasteiger partial charge on any atom is 0.129 e. The summed E-state index contributed by atoms with van der Waals surface area (Å²) in [6.45, 7) is 2.49. The molecule has 0 aromatic carbocycles. The van der Waals surface area contributed by atoms with Crippen molar-refractivity contribution >= 4 is 5.82 Å². The smallest absolute Gasteiger partial charge is 0.129 e. The Morgan fingerprint density at radius 1 is 1.45 bits per heavy atom. The molecule has 5 nitrogen and oxygen atoms in total. The van der Waals surface area contributed by atoms with Gasteiger partial charge in [0, 0.05) is 50.5 Å². The number of aromatic nitrogens is 3. The number of rotatable bonds is 5. The molecule has 2 aromatic rings. The number of hydrogen-bond acceptors (Lipinski definition) is 4. The molecule has 0 aliphatic carbocycles. The zero-order valence-electron chi connectivity index (χ0n) is 11.7. The third kappa shape index (κ3) is 2.99. The van der Waals surface area contributed by atoms with Crippen molar-refractivity contribution in [2.24, 2.45) is 7.05 Å². The van der Waals surface area contributed by atoms with Crippen LogP contribution in [0.2, 0.25) is 0 Å². The van der Waals surface area contributed by atoms with E-state index in [4.69, 9.17) is 4.74 Å². The lowest BCUT2D eigenvalue weighted by Crippen LogP contribution is -2.10. The Balaban J connectivity index is 1.57. The largest absolute Gasteiger partial charge is 0.381 e. The van der Waals surface area contributed by atoms with E-state index in [0.717, 1.165) is 44.1 Å². The highest BCUT2D eigenvalue weighted by molar-refractivity contribution is 5.36. The van der Waals surface area contributed by atoms with Gasteiger partial charge in [-0.3, -0.25) is 0 Å². The Kier molecular flexibility index (Phi) is 3.97. The second-order valence-electron chi connectivity index (χ2n) is 5.18. The number of hydrogen-bond donors (Lipinski definition) is 1. The number of nitrogens with zero attached hydrogens (tertiary/aromatic N) is 3. The normalized spacial score (nSPS) is 18.4. The standard InChI is InChI=1S/C15H20N4O/c1-19-7-2-3-13(19)4-6-16-15-9-14(17-11-18-15)12-5-8-20-10-12/h2-3,7,9,11-12H,4-6,8,10H2,1H3,(H,16,17,18)/t12-/m1/s1. The SMILES string of the molecule is Cn1cccc1CCNc1cc([C@@H]2CCOC2)ncn1. The number of ether oxygens (including phenoxy) is 1. The van der Waals surface area contributed by atoms with E-state index in [9.17, 15) is 0 Å². The van der Waals surface area contributed by atoms with Crippen LogP contribution in [0.15, 0.2) is 30.7 Å². The molecule has 0 radical (unpaired) electrons. The zero-order chi connectivity index (χ0) is 13.8. The Morgan fingerprint density at radius 2 is 2.40 bits per heavy atom. The minimum Gasteiger partial charge on any atom is -0.381 e. The second-order valence-corrected chi connectivity index (χ2v) is 5.18. The summed E-state index contributed by atoms with van der Waals surface area (Å²) in [4.78, 5) is 8.64. The van der Waals surface area contributed by atoms with Gasteiger partial charge in [0.25, 0.3) is 0 Å². The van der Waals surface area contributed by atoms with Gasteiger partial charge in [0.05, 0.1) is 12.3 Å². The van der Waals surface area contributed by atoms with Gasteiger partial charge >= 0.3 is 0 Å². The highest BCUT2D eigenvalue weighted by Crippen LogP contribution is 2.24. The van der Waals surface area contributed by atoms with Gasteiger partial charge in [0.1, 0.15) is 12.1 Å². The summed E-state index contributed by atoms with van der Waals surface area (Å²) in [7, 11) is 2.07. The number of nitrogens with one attached hydrogen (secondary N) is 1. The quantitative estimate of drug-likeness (QED) is 0.904. The number of aryl methyl sites for hydroxylation is 1. The fourth-order valence-electron chi connectivity index (χ4n) is 2.53. The van der Waals surface area contributed by atoms with Crippen molar-refractivity contribution in [3.8, 4) is 0 Å². The zero-order valence-corrected chi connectivity index (χ0v) is 11.7. The van der Waals surface area contributed by atoms with Crippen molar-refractivity contribution in [1.29, 1.82) is 0 Å². The van der Waals surface area contributed by atoms with E-state index in [0.29, 0.717) is 5.92 Å². The van der Waals surface area contributed by atoms with Crippen LogP contribution in [0.3, 0.4) is 0 Å². The molecular weight excluding hydrogens is 252 g/mol. The predicted molar refractivity (Wildman–Crippen MR) is 77.8 cm³/mol. The van der Waals surface area contributed by atoms with Crippen LogP contribution < -0.4 is 5.32 Å². The first kappa shape index (κ1) is 13.1. The Hall–Kier alpha value is -1.88. The van der Waals surface area contributed by atoms with Gasteiger partial charge in [-0.2, -0.15) is 0 Å². The van der Waals surface area contributed by atoms with Gasteiger partial charge in [-0.1, -0.05) is 0 Å². The van der Waals surface area contributed by atoms with E-state index in [1.807, 2.05) is 6.07 Å². The molecule has 0 saturated carbocycles. The van der Waals surface area contributed by atoms with Crippen molar-refractivity contribution in [3.05, 3.63) is 42.1 Å². The molecule has 3 rings (SSSR count). The molecule has 1 fully saturated rings. The summed E-state index contributed by atoms with van der Waals surface area (Å²) < 4.78 is 7.55. The molecule has 2 aromatic heterocycles. The lowest BCUT2D eigenvalue weighted by Gasteiger charge is -2.10. The molecule has 3 heterocycles. The molecule has 20 heavy (non-hydrogen) atoms. The fourth-order valence-corrected chi connectivity index (χ4v) is 2.53. The Labute approximate surface area is 119 Å². The monoisotopic (exact) mass is 272 g/mol. The molecule has 5 heteroatoms. The second kappa shape index (κ2) is 6.05. The third-order valence-corrected chi connectivity index (χ3v) is 3.77. The van der Waals surface area contributed by atoms with E-state index in [1.165, 1.54) is 5.69 Å². The first-order valence-corrected chi connectivity index (χ1v) is 7.06. The molecule has 106 valence electrons. The summed E-state index contributed by atoms with van der Waals surface area (Å²) in [6.07, 6.45) is 5.74. The summed E-state index contributed by atoms with van der Waals surface area (Å²) in [5.41, 5.74) is 2.40. The van der Waals surface area contributed by atoms with Gasteiger partial charge in [-0.25, -0.2) is 9.97 Å². The lowest BCUT2D eigenvalue weighted by atomic mass is 10.1. The van der Waals surface area contributed by atoms with E-state index in [-0.39, 0.29) is 0 Å². The van der Waals surface area contributed by atoms with Gasteiger partial charge in [-0.05, 0) is 18.6 Å². The van der Waals surface area contributed by atoms with Gasteiger partial charge in [0.2, 0.25) is 0 Å². The Morgan fingerprint density at radius 3 is 3.15 bits per heavy atom. The van der Waals surface area contributed by atoms with Crippen molar-refractivity contribution in [3.63, 3.8) is 0 Å². The van der Waals surface area contributed by atoms with Crippen LogP contribution >= 0.6 is 0 Å². The summed E-state index contributed by atoms with van der Waals surface area (Å²) in [6, 6.07) is 6.26. The van der Waals surface area contributed by atoms with Crippen LogP contribution in [0.4, 0.5) is 5.82 Å². The first-order chi connectivity index (χ1) is 9.83. The van der Waals surface area contributed by atoms with Crippen LogP contribution in [-0.2, 0) is 18.2 Å². The summed E-state index contributed by atoms with van der Waals surface area (Å²) >= 11 is 0.